The first-order valence-electron chi connectivity index (χ1n) is 10.0. The van der Waals surface area contributed by atoms with Crippen molar-refractivity contribution in [2.24, 2.45) is 0 Å². The first-order valence-corrected chi connectivity index (χ1v) is 11.2. The molecule has 0 aliphatic rings. The number of rotatable bonds is 6. The number of aromatic amines is 1. The van der Waals surface area contributed by atoms with E-state index in [9.17, 15) is 22.8 Å². The molecule has 8 nitrogen and oxygen atoms in total. The summed E-state index contributed by atoms with van der Waals surface area (Å²) < 4.78 is 39.1. The Balaban J connectivity index is 1.44. The molecule has 0 spiro atoms. The number of benzene rings is 1. The van der Waals surface area contributed by atoms with E-state index in [4.69, 9.17) is 11.6 Å². The second-order valence-corrected chi connectivity index (χ2v) is 8.75. The van der Waals surface area contributed by atoms with Crippen LogP contribution in [-0.2, 0) is 6.18 Å². The van der Waals surface area contributed by atoms with Gasteiger partial charge in [0.2, 0.25) is 0 Å². The Morgan fingerprint density at radius 1 is 1.09 bits per heavy atom. The minimum Gasteiger partial charge on any atom is -0.343 e. The Kier molecular flexibility index (Phi) is 6.85. The number of H-pyrrole nitrogens is 1. The zero-order valence-electron chi connectivity index (χ0n) is 17.9. The lowest BCUT2D eigenvalue weighted by Crippen LogP contribution is -2.26. The Labute approximate surface area is 205 Å². The molecular formula is C22H16ClF3N6O2S. The van der Waals surface area contributed by atoms with Crippen molar-refractivity contribution >= 4 is 40.6 Å². The van der Waals surface area contributed by atoms with Gasteiger partial charge >= 0.3 is 6.18 Å². The smallest absolute Gasteiger partial charge is 0.343 e. The number of nitrogens with zero attached hydrogens (tertiary/aromatic N) is 3. The highest BCUT2D eigenvalue weighted by Crippen LogP contribution is 2.35. The molecule has 0 bridgehead atoms. The number of hydrogen-bond donors (Lipinski definition) is 3. The average molecular weight is 521 g/mol. The van der Waals surface area contributed by atoms with E-state index in [-0.39, 0.29) is 10.7 Å². The number of anilines is 1. The third-order valence-corrected chi connectivity index (χ3v) is 6.29. The fourth-order valence-electron chi connectivity index (χ4n) is 3.11. The van der Waals surface area contributed by atoms with Crippen molar-refractivity contribution in [3.63, 3.8) is 0 Å². The summed E-state index contributed by atoms with van der Waals surface area (Å²) in [6.45, 7) is 1.69. The number of pyridine rings is 1. The average Bonchev–Trinajstić information content (AvgIpc) is 3.50. The second kappa shape index (κ2) is 9.84. The number of halogens is 4. The minimum absolute atomic E-state index is 0.125. The maximum absolute atomic E-state index is 13.0. The molecule has 2 amide bonds. The highest BCUT2D eigenvalue weighted by Gasteiger charge is 2.34. The van der Waals surface area contributed by atoms with Gasteiger partial charge in [-0.25, -0.2) is 9.97 Å². The molecular weight excluding hydrogens is 505 g/mol. The number of hydrogen-bond acceptors (Lipinski definition) is 6. The Bertz CT molecular complexity index is 1370. The summed E-state index contributed by atoms with van der Waals surface area (Å²) in [5.41, 5.74) is 0.579. The predicted octanol–water partition coefficient (Wildman–Crippen LogP) is 5.34. The van der Waals surface area contributed by atoms with Gasteiger partial charge in [0.25, 0.3) is 11.8 Å². The van der Waals surface area contributed by atoms with E-state index >= 15 is 0 Å². The van der Waals surface area contributed by atoms with Crippen LogP contribution in [0.4, 0.5) is 19.0 Å². The lowest BCUT2D eigenvalue weighted by molar-refractivity contribution is -0.137. The second-order valence-electron chi connectivity index (χ2n) is 7.28. The van der Waals surface area contributed by atoms with Gasteiger partial charge < -0.3 is 10.6 Å². The number of carbonyl (C=O) groups excluding carboxylic acids is 2. The molecule has 1 aromatic carbocycles. The fraction of sp³-hybridized carbons (Fsp3) is 0.136. The summed E-state index contributed by atoms with van der Waals surface area (Å²) in [6.07, 6.45) is -1.19. The molecule has 180 valence electrons. The van der Waals surface area contributed by atoms with Crippen LogP contribution in [0.5, 0.6) is 0 Å². The number of amides is 2. The molecule has 0 fully saturated rings. The first kappa shape index (κ1) is 24.4. The predicted molar refractivity (Wildman–Crippen MR) is 124 cm³/mol. The van der Waals surface area contributed by atoms with Crippen LogP contribution >= 0.6 is 22.9 Å². The maximum atomic E-state index is 13.0. The third kappa shape index (κ3) is 5.49. The van der Waals surface area contributed by atoms with E-state index in [0.717, 1.165) is 23.1 Å². The molecule has 0 saturated carbocycles. The molecule has 0 unspecified atom stereocenters. The van der Waals surface area contributed by atoms with Crippen molar-refractivity contribution in [2.75, 3.05) is 5.32 Å². The van der Waals surface area contributed by atoms with Gasteiger partial charge in [0.05, 0.1) is 40.3 Å². The zero-order chi connectivity index (χ0) is 25.2. The van der Waals surface area contributed by atoms with E-state index in [1.165, 1.54) is 12.4 Å². The quantitative estimate of drug-likeness (QED) is 0.317. The summed E-state index contributed by atoms with van der Waals surface area (Å²) in [5, 5.41) is 11.7. The SMILES string of the molecule is C[C@@H](NC(=O)c1cn[nH]c1-c1ccccc1)c1ncc(C(=O)Nc2cc(C(F)(F)F)c(Cl)cn2)s1. The van der Waals surface area contributed by atoms with Crippen molar-refractivity contribution in [2.45, 2.75) is 19.1 Å². The van der Waals surface area contributed by atoms with Crippen LogP contribution in [-0.4, -0.2) is 32.0 Å². The lowest BCUT2D eigenvalue weighted by atomic mass is 10.1. The van der Waals surface area contributed by atoms with Crippen LogP contribution < -0.4 is 10.6 Å². The van der Waals surface area contributed by atoms with Crippen molar-refractivity contribution < 1.29 is 22.8 Å². The van der Waals surface area contributed by atoms with Gasteiger partial charge in [0.1, 0.15) is 15.7 Å². The van der Waals surface area contributed by atoms with Crippen molar-refractivity contribution in [1.82, 2.24) is 25.5 Å². The highest BCUT2D eigenvalue weighted by atomic mass is 35.5. The number of carbonyl (C=O) groups is 2. The molecule has 3 aromatic heterocycles. The van der Waals surface area contributed by atoms with Crippen molar-refractivity contribution in [3.05, 3.63) is 81.0 Å². The van der Waals surface area contributed by atoms with Crippen LogP contribution in [0.3, 0.4) is 0 Å². The first-order chi connectivity index (χ1) is 16.6. The minimum atomic E-state index is -4.69. The summed E-state index contributed by atoms with van der Waals surface area (Å²) >= 11 is 6.54. The molecule has 3 heterocycles. The summed E-state index contributed by atoms with van der Waals surface area (Å²) in [7, 11) is 0. The maximum Gasteiger partial charge on any atom is 0.418 e. The van der Waals surface area contributed by atoms with Crippen LogP contribution in [0.25, 0.3) is 11.3 Å². The van der Waals surface area contributed by atoms with Gasteiger partial charge in [-0.05, 0) is 13.0 Å². The van der Waals surface area contributed by atoms with Gasteiger partial charge in [0.15, 0.2) is 0 Å². The molecule has 0 aliphatic carbocycles. The molecule has 0 saturated heterocycles. The Morgan fingerprint density at radius 2 is 1.83 bits per heavy atom. The monoisotopic (exact) mass is 520 g/mol. The number of alkyl halides is 3. The Hall–Kier alpha value is -3.77. The molecule has 35 heavy (non-hydrogen) atoms. The van der Waals surface area contributed by atoms with Gasteiger partial charge in [0, 0.05) is 11.8 Å². The van der Waals surface area contributed by atoms with Crippen molar-refractivity contribution in [1.29, 1.82) is 0 Å². The normalized spacial score (nSPS) is 12.3. The fourth-order valence-corrected chi connectivity index (χ4v) is 4.14. The van der Waals surface area contributed by atoms with Gasteiger partial charge in [-0.1, -0.05) is 41.9 Å². The van der Waals surface area contributed by atoms with Gasteiger partial charge in [-0.3, -0.25) is 14.7 Å². The van der Waals surface area contributed by atoms with E-state index < -0.39 is 34.6 Å². The largest absolute Gasteiger partial charge is 0.418 e. The summed E-state index contributed by atoms with van der Waals surface area (Å²) in [4.78, 5) is 33.3. The van der Waals surface area contributed by atoms with E-state index in [1.807, 2.05) is 30.3 Å². The third-order valence-electron chi connectivity index (χ3n) is 4.81. The van der Waals surface area contributed by atoms with Crippen LogP contribution in [0, 0.1) is 0 Å². The van der Waals surface area contributed by atoms with Gasteiger partial charge in [-0.2, -0.15) is 18.3 Å². The van der Waals surface area contributed by atoms with E-state index in [0.29, 0.717) is 22.3 Å². The van der Waals surface area contributed by atoms with E-state index in [1.54, 1.807) is 6.92 Å². The highest BCUT2D eigenvalue weighted by molar-refractivity contribution is 7.13. The van der Waals surface area contributed by atoms with Crippen LogP contribution in [0.2, 0.25) is 5.02 Å². The molecule has 0 aliphatic heterocycles. The number of aromatic nitrogens is 4. The molecule has 1 atom stereocenters. The van der Waals surface area contributed by atoms with Crippen LogP contribution in [0.1, 0.15) is 43.6 Å². The van der Waals surface area contributed by atoms with E-state index in [2.05, 4.69) is 30.8 Å². The summed E-state index contributed by atoms with van der Waals surface area (Å²) in [5.74, 6) is -1.40. The molecule has 3 N–H and O–H groups in total. The number of nitrogens with one attached hydrogen (secondary N) is 3. The van der Waals surface area contributed by atoms with Gasteiger partial charge in [-0.15, -0.1) is 11.3 Å². The summed E-state index contributed by atoms with van der Waals surface area (Å²) in [6, 6.07) is 9.31. The number of thiazole rings is 1. The molecule has 0 radical (unpaired) electrons. The molecule has 4 rings (SSSR count). The lowest BCUT2D eigenvalue weighted by Gasteiger charge is -2.11. The van der Waals surface area contributed by atoms with Crippen LogP contribution in [0.15, 0.2) is 55.0 Å². The van der Waals surface area contributed by atoms with Crippen molar-refractivity contribution in [3.8, 4) is 11.3 Å². The standard InChI is InChI=1S/C22H16ClF3N6O2S/c1-11(30-19(33)13-8-29-32-18(13)12-5-3-2-4-6-12)21-28-10-16(35-21)20(34)31-17-7-14(22(24,25)26)15(23)9-27-17/h2-11H,1H3,(H,29,32)(H,30,33)(H,27,31,34)/t11-/m1/s1. The zero-order valence-corrected chi connectivity index (χ0v) is 19.4. The molecule has 4 aromatic rings. The Morgan fingerprint density at radius 3 is 2.54 bits per heavy atom. The topological polar surface area (TPSA) is 113 Å². The molecule has 13 heteroatoms.